The van der Waals surface area contributed by atoms with Gasteiger partial charge in [-0.3, -0.25) is 4.90 Å². The third kappa shape index (κ3) is 2.11. The quantitative estimate of drug-likeness (QED) is 0.714. The third-order valence-corrected chi connectivity index (χ3v) is 4.72. The highest BCUT2D eigenvalue weighted by Crippen LogP contribution is 2.40. The van der Waals surface area contributed by atoms with Gasteiger partial charge in [-0.25, -0.2) is 0 Å². The fourth-order valence-corrected chi connectivity index (χ4v) is 3.43. The zero-order chi connectivity index (χ0) is 11.6. The van der Waals surface area contributed by atoms with E-state index < -0.39 is 0 Å². The molecule has 2 heteroatoms. The van der Waals surface area contributed by atoms with Crippen molar-refractivity contribution in [1.82, 2.24) is 4.90 Å². The molecule has 0 N–H and O–H groups in total. The first-order chi connectivity index (χ1) is 7.68. The molecule has 1 saturated heterocycles. The maximum atomic E-state index is 9.54. The minimum absolute atomic E-state index is 0.0953. The maximum absolute atomic E-state index is 9.54. The van der Waals surface area contributed by atoms with Gasteiger partial charge in [0.05, 0.1) is 6.07 Å². The molecular weight excluding hydrogens is 196 g/mol. The molecule has 0 aromatic carbocycles. The molecule has 0 aromatic heterocycles. The summed E-state index contributed by atoms with van der Waals surface area (Å²) in [6.45, 7) is 6.94. The van der Waals surface area contributed by atoms with Gasteiger partial charge >= 0.3 is 0 Å². The van der Waals surface area contributed by atoms with Gasteiger partial charge in [0, 0.05) is 0 Å². The summed E-state index contributed by atoms with van der Waals surface area (Å²) in [7, 11) is 0. The van der Waals surface area contributed by atoms with E-state index in [0.29, 0.717) is 0 Å². The molecule has 16 heavy (non-hydrogen) atoms. The van der Waals surface area contributed by atoms with E-state index in [2.05, 4.69) is 24.8 Å². The van der Waals surface area contributed by atoms with Crippen molar-refractivity contribution in [3.05, 3.63) is 0 Å². The molecule has 2 nitrogen and oxygen atoms in total. The molecule has 1 heterocycles. The third-order valence-electron chi connectivity index (χ3n) is 4.72. The van der Waals surface area contributed by atoms with Crippen LogP contribution in [0.15, 0.2) is 0 Å². The lowest BCUT2D eigenvalue weighted by molar-refractivity contribution is 0.0924. The molecule has 0 unspecified atom stereocenters. The van der Waals surface area contributed by atoms with E-state index in [-0.39, 0.29) is 5.54 Å². The van der Waals surface area contributed by atoms with Gasteiger partial charge in [-0.05, 0) is 63.5 Å². The van der Waals surface area contributed by atoms with Crippen molar-refractivity contribution in [1.29, 1.82) is 5.26 Å². The predicted octanol–water partition coefficient (Wildman–Crippen LogP) is 3.19. The summed E-state index contributed by atoms with van der Waals surface area (Å²) < 4.78 is 0. The SMILES string of the molecule is CC(C)C1CCC(C#N)(N2CCCC2)CC1. The summed E-state index contributed by atoms with van der Waals surface area (Å²) in [6.07, 6.45) is 7.29. The zero-order valence-electron chi connectivity index (χ0n) is 10.7. The Balaban J connectivity index is 2.00. The molecule has 0 atom stereocenters. The van der Waals surface area contributed by atoms with Crippen LogP contribution in [0.4, 0.5) is 0 Å². The first-order valence-corrected chi connectivity index (χ1v) is 6.84. The van der Waals surface area contributed by atoms with Gasteiger partial charge in [-0.15, -0.1) is 0 Å². The topological polar surface area (TPSA) is 27.0 Å². The molecule has 90 valence electrons. The monoisotopic (exact) mass is 220 g/mol. The van der Waals surface area contributed by atoms with Crippen LogP contribution in [0.3, 0.4) is 0 Å². The molecule has 2 fully saturated rings. The van der Waals surface area contributed by atoms with E-state index in [9.17, 15) is 5.26 Å². The number of likely N-dealkylation sites (tertiary alicyclic amines) is 1. The van der Waals surface area contributed by atoms with Crippen molar-refractivity contribution in [2.75, 3.05) is 13.1 Å². The van der Waals surface area contributed by atoms with E-state index in [4.69, 9.17) is 0 Å². The molecule has 2 aliphatic rings. The highest BCUT2D eigenvalue weighted by atomic mass is 15.2. The van der Waals surface area contributed by atoms with Gasteiger partial charge in [-0.2, -0.15) is 5.26 Å². The number of nitrogens with zero attached hydrogens (tertiary/aromatic N) is 2. The maximum Gasteiger partial charge on any atom is 0.109 e. The van der Waals surface area contributed by atoms with Gasteiger partial charge in [0.15, 0.2) is 0 Å². The van der Waals surface area contributed by atoms with Crippen LogP contribution in [-0.4, -0.2) is 23.5 Å². The van der Waals surface area contributed by atoms with Crippen molar-refractivity contribution in [2.24, 2.45) is 11.8 Å². The minimum Gasteiger partial charge on any atom is -0.286 e. The summed E-state index contributed by atoms with van der Waals surface area (Å²) in [4.78, 5) is 2.46. The van der Waals surface area contributed by atoms with Crippen LogP contribution in [0.25, 0.3) is 0 Å². The fraction of sp³-hybridized carbons (Fsp3) is 0.929. The second-order valence-electron chi connectivity index (χ2n) is 5.92. The van der Waals surface area contributed by atoms with Gasteiger partial charge in [0.1, 0.15) is 5.54 Å². The molecule has 2 rings (SSSR count). The van der Waals surface area contributed by atoms with Gasteiger partial charge in [0.2, 0.25) is 0 Å². The van der Waals surface area contributed by atoms with E-state index in [1.807, 2.05) is 0 Å². The lowest BCUT2D eigenvalue weighted by Crippen LogP contribution is -2.48. The smallest absolute Gasteiger partial charge is 0.109 e. The number of rotatable bonds is 2. The van der Waals surface area contributed by atoms with Crippen molar-refractivity contribution in [3.8, 4) is 6.07 Å². The average Bonchev–Trinajstić information content (AvgIpc) is 2.83. The van der Waals surface area contributed by atoms with Crippen LogP contribution >= 0.6 is 0 Å². The Hall–Kier alpha value is -0.550. The van der Waals surface area contributed by atoms with Crippen molar-refractivity contribution < 1.29 is 0 Å². The normalized spacial score (nSPS) is 36.5. The highest BCUT2D eigenvalue weighted by molar-refractivity contribution is 5.11. The molecule has 0 spiro atoms. The van der Waals surface area contributed by atoms with Crippen LogP contribution in [0.1, 0.15) is 52.4 Å². The number of hydrogen-bond donors (Lipinski definition) is 0. The summed E-state index contributed by atoms with van der Waals surface area (Å²) in [5.41, 5.74) is -0.0953. The van der Waals surface area contributed by atoms with Gasteiger partial charge in [0.25, 0.3) is 0 Å². The van der Waals surface area contributed by atoms with Crippen molar-refractivity contribution >= 4 is 0 Å². The van der Waals surface area contributed by atoms with Crippen LogP contribution in [-0.2, 0) is 0 Å². The van der Waals surface area contributed by atoms with Crippen LogP contribution < -0.4 is 0 Å². The van der Waals surface area contributed by atoms with Crippen molar-refractivity contribution in [3.63, 3.8) is 0 Å². The Bertz CT molecular complexity index is 263. The molecular formula is C14H24N2. The molecule has 1 aliphatic heterocycles. The predicted molar refractivity (Wildman–Crippen MR) is 65.9 cm³/mol. The van der Waals surface area contributed by atoms with Crippen LogP contribution in [0, 0.1) is 23.2 Å². The first kappa shape index (κ1) is 11.9. The standard InChI is InChI=1S/C14H24N2/c1-12(2)13-5-7-14(11-15,8-6-13)16-9-3-4-10-16/h12-13H,3-10H2,1-2H3. The molecule has 1 saturated carbocycles. The van der Waals surface area contributed by atoms with Crippen LogP contribution in [0.2, 0.25) is 0 Å². The Morgan fingerprint density at radius 2 is 1.75 bits per heavy atom. The second-order valence-corrected chi connectivity index (χ2v) is 5.92. The highest BCUT2D eigenvalue weighted by Gasteiger charge is 2.41. The summed E-state index contributed by atoms with van der Waals surface area (Å²) in [6, 6.07) is 2.64. The van der Waals surface area contributed by atoms with E-state index in [0.717, 1.165) is 37.8 Å². The van der Waals surface area contributed by atoms with Crippen LogP contribution in [0.5, 0.6) is 0 Å². The number of nitriles is 1. The average molecular weight is 220 g/mol. The molecule has 0 bridgehead atoms. The molecule has 1 aliphatic carbocycles. The summed E-state index contributed by atoms with van der Waals surface area (Å²) in [5.74, 6) is 1.64. The first-order valence-electron chi connectivity index (χ1n) is 6.84. The van der Waals surface area contributed by atoms with Gasteiger partial charge < -0.3 is 0 Å². The number of hydrogen-bond acceptors (Lipinski definition) is 2. The zero-order valence-corrected chi connectivity index (χ0v) is 10.7. The molecule has 0 radical (unpaired) electrons. The molecule has 0 aromatic rings. The Kier molecular flexibility index (Phi) is 3.54. The largest absolute Gasteiger partial charge is 0.286 e. The molecule has 0 amide bonds. The summed E-state index contributed by atoms with van der Waals surface area (Å²) >= 11 is 0. The lowest BCUT2D eigenvalue weighted by Gasteiger charge is -2.42. The second kappa shape index (κ2) is 4.75. The minimum atomic E-state index is -0.0953. The van der Waals surface area contributed by atoms with Crippen molar-refractivity contribution in [2.45, 2.75) is 57.9 Å². The Morgan fingerprint density at radius 3 is 2.19 bits per heavy atom. The van der Waals surface area contributed by atoms with E-state index >= 15 is 0 Å². The van der Waals surface area contributed by atoms with E-state index in [1.54, 1.807) is 0 Å². The lowest BCUT2D eigenvalue weighted by atomic mass is 9.73. The fourth-order valence-electron chi connectivity index (χ4n) is 3.43. The summed E-state index contributed by atoms with van der Waals surface area (Å²) in [5, 5.41) is 9.54. The Morgan fingerprint density at radius 1 is 1.19 bits per heavy atom. The van der Waals surface area contributed by atoms with Gasteiger partial charge in [-0.1, -0.05) is 13.8 Å². The van der Waals surface area contributed by atoms with E-state index in [1.165, 1.54) is 25.7 Å². The Labute approximate surface area is 99.6 Å².